The van der Waals surface area contributed by atoms with Crippen LogP contribution in [0.1, 0.15) is 6.92 Å². The van der Waals surface area contributed by atoms with Crippen LogP contribution in [0.25, 0.3) is 0 Å². The van der Waals surface area contributed by atoms with Crippen LogP contribution in [-0.2, 0) is 14.4 Å². The molecule has 0 saturated carbocycles. The van der Waals surface area contributed by atoms with Gasteiger partial charge in [0.05, 0.1) is 13.2 Å². The Morgan fingerprint density at radius 1 is 1.18 bits per heavy atom. The molecule has 0 bridgehead atoms. The molecule has 96 valence electrons. The highest BCUT2D eigenvalue weighted by atomic mass is 32.1. The van der Waals surface area contributed by atoms with Crippen molar-refractivity contribution in [3.63, 3.8) is 0 Å². The van der Waals surface area contributed by atoms with Gasteiger partial charge in [-0.25, -0.2) is 0 Å². The minimum absolute atomic E-state index is 0.520. The van der Waals surface area contributed by atoms with Crippen molar-refractivity contribution in [1.29, 1.82) is 0 Å². The van der Waals surface area contributed by atoms with Crippen molar-refractivity contribution in [3.05, 3.63) is 0 Å². The van der Waals surface area contributed by atoms with Crippen molar-refractivity contribution in [2.75, 3.05) is 40.5 Å². The van der Waals surface area contributed by atoms with Crippen LogP contribution >= 0.6 is 12.2 Å². The Labute approximate surface area is 106 Å². The van der Waals surface area contributed by atoms with E-state index in [-0.39, 0.29) is 0 Å². The Hall–Kier alpha value is -1.21. The highest BCUT2D eigenvalue weighted by Crippen LogP contribution is 2.03. The van der Waals surface area contributed by atoms with Gasteiger partial charge in [-0.1, -0.05) is 22.5 Å². The van der Waals surface area contributed by atoms with Crippen LogP contribution in [0.15, 0.2) is 10.3 Å². The molecule has 6 nitrogen and oxygen atoms in total. The molecule has 1 saturated heterocycles. The van der Waals surface area contributed by atoms with Gasteiger partial charge in [0.25, 0.3) is 0 Å². The molecule has 1 rings (SSSR count). The Balaban J connectivity index is 2.80. The maximum Gasteiger partial charge on any atom is 0.161 e. The molecule has 0 aromatic heterocycles. The summed E-state index contributed by atoms with van der Waals surface area (Å²) in [4.78, 5) is 12.1. The molecule has 0 unspecified atom stereocenters. The fourth-order valence-corrected chi connectivity index (χ4v) is 1.82. The van der Waals surface area contributed by atoms with E-state index in [0.717, 1.165) is 13.1 Å². The first kappa shape index (κ1) is 13.9. The van der Waals surface area contributed by atoms with Crippen molar-refractivity contribution in [2.45, 2.75) is 6.92 Å². The minimum Gasteiger partial charge on any atom is -0.399 e. The van der Waals surface area contributed by atoms with Crippen LogP contribution in [-0.4, -0.2) is 61.8 Å². The van der Waals surface area contributed by atoms with Crippen molar-refractivity contribution in [3.8, 4) is 0 Å². The first-order chi connectivity index (χ1) is 8.20. The lowest BCUT2D eigenvalue weighted by atomic mass is 10.2. The third-order valence-electron chi connectivity index (χ3n) is 2.25. The first-order valence-corrected chi connectivity index (χ1v) is 5.67. The molecule has 0 spiro atoms. The largest absolute Gasteiger partial charge is 0.399 e. The van der Waals surface area contributed by atoms with E-state index in [1.807, 2.05) is 4.90 Å². The molecule has 1 fully saturated rings. The number of ether oxygens (including phenoxy) is 1. The summed E-state index contributed by atoms with van der Waals surface area (Å²) in [6.45, 7) is 4.61. The van der Waals surface area contributed by atoms with E-state index in [0.29, 0.717) is 29.6 Å². The average Bonchev–Trinajstić information content (AvgIpc) is 2.36. The number of hydrogen-bond donors (Lipinski definition) is 0. The molecule has 1 heterocycles. The van der Waals surface area contributed by atoms with Crippen molar-refractivity contribution >= 4 is 28.6 Å². The zero-order valence-corrected chi connectivity index (χ0v) is 11.1. The van der Waals surface area contributed by atoms with Gasteiger partial charge in [-0.2, -0.15) is 0 Å². The van der Waals surface area contributed by atoms with E-state index in [1.54, 1.807) is 6.92 Å². The molecule has 0 amide bonds. The molecule has 7 heteroatoms. The van der Waals surface area contributed by atoms with E-state index >= 15 is 0 Å². The molecule has 0 aromatic carbocycles. The topological polar surface area (TPSA) is 55.7 Å². The summed E-state index contributed by atoms with van der Waals surface area (Å²) in [6.07, 6.45) is 0. The second-order valence-electron chi connectivity index (χ2n) is 3.39. The van der Waals surface area contributed by atoms with Gasteiger partial charge in [0.1, 0.15) is 24.9 Å². The third-order valence-corrected chi connectivity index (χ3v) is 2.71. The first-order valence-electron chi connectivity index (χ1n) is 5.27. The predicted molar refractivity (Wildman–Crippen MR) is 69.6 cm³/mol. The predicted octanol–water partition coefficient (Wildman–Crippen LogP) is 0.671. The minimum atomic E-state index is 0.520. The van der Waals surface area contributed by atoms with Gasteiger partial charge >= 0.3 is 0 Å². The smallest absolute Gasteiger partial charge is 0.161 e. The lowest BCUT2D eigenvalue weighted by Gasteiger charge is -2.29. The van der Waals surface area contributed by atoms with Gasteiger partial charge in [-0.05, 0) is 6.92 Å². The summed E-state index contributed by atoms with van der Waals surface area (Å²) < 4.78 is 5.27. The second-order valence-corrected chi connectivity index (χ2v) is 3.77. The molecular weight excluding hydrogens is 242 g/mol. The van der Waals surface area contributed by atoms with Crippen LogP contribution in [0.5, 0.6) is 0 Å². The number of morpholine rings is 1. The fraction of sp³-hybridized carbons (Fsp3) is 0.700. The summed E-state index contributed by atoms with van der Waals surface area (Å²) >= 11 is 5.37. The summed E-state index contributed by atoms with van der Waals surface area (Å²) in [5.74, 6) is 0. The Kier molecular flexibility index (Phi) is 5.85. The monoisotopic (exact) mass is 259 g/mol. The maximum absolute atomic E-state index is 5.37. The van der Waals surface area contributed by atoms with Crippen LogP contribution in [0.3, 0.4) is 0 Å². The van der Waals surface area contributed by atoms with Gasteiger partial charge in [0.2, 0.25) is 0 Å². The fourth-order valence-electron chi connectivity index (χ4n) is 1.45. The van der Waals surface area contributed by atoms with Crippen LogP contribution < -0.4 is 0 Å². The molecule has 0 atom stereocenters. The summed E-state index contributed by atoms with van der Waals surface area (Å²) in [5, 5.41) is 7.72. The van der Waals surface area contributed by atoms with E-state index in [2.05, 4.69) is 10.3 Å². The Morgan fingerprint density at radius 3 is 2.29 bits per heavy atom. The van der Waals surface area contributed by atoms with E-state index in [1.165, 1.54) is 14.2 Å². The van der Waals surface area contributed by atoms with Gasteiger partial charge in [-0.3, -0.25) is 0 Å². The second kappa shape index (κ2) is 7.18. The van der Waals surface area contributed by atoms with Crippen molar-refractivity contribution < 1.29 is 14.4 Å². The molecule has 1 aliphatic rings. The maximum atomic E-state index is 5.37. The van der Waals surface area contributed by atoms with E-state index in [4.69, 9.17) is 26.6 Å². The molecule has 0 radical (unpaired) electrons. The number of nitrogens with zero attached hydrogens (tertiary/aromatic N) is 3. The molecule has 1 aliphatic heterocycles. The number of thiocarbonyl (C=S) groups is 1. The summed E-state index contributed by atoms with van der Waals surface area (Å²) in [5.41, 5.74) is 1.11. The summed E-state index contributed by atoms with van der Waals surface area (Å²) in [7, 11) is 2.95. The summed E-state index contributed by atoms with van der Waals surface area (Å²) in [6, 6.07) is 0. The Morgan fingerprint density at radius 2 is 1.76 bits per heavy atom. The van der Waals surface area contributed by atoms with Crippen molar-refractivity contribution in [2.24, 2.45) is 10.3 Å². The molecule has 17 heavy (non-hydrogen) atoms. The average molecular weight is 259 g/mol. The number of oxime groups is 2. The van der Waals surface area contributed by atoms with Crippen molar-refractivity contribution in [1.82, 2.24) is 4.90 Å². The normalized spacial score (nSPS) is 17.9. The van der Waals surface area contributed by atoms with Gasteiger partial charge in [-0.15, -0.1) is 0 Å². The van der Waals surface area contributed by atoms with Crippen LogP contribution in [0, 0.1) is 0 Å². The lowest BCUT2D eigenvalue weighted by molar-refractivity contribution is 0.0697. The highest BCUT2D eigenvalue weighted by Gasteiger charge is 2.21. The molecule has 0 aliphatic carbocycles. The van der Waals surface area contributed by atoms with Crippen LogP contribution in [0.4, 0.5) is 0 Å². The molecule has 0 N–H and O–H groups in total. The SMILES string of the molecule is CON=C(C)C(=NOC)C(=S)N1CCOCC1. The van der Waals surface area contributed by atoms with Gasteiger partial charge < -0.3 is 19.3 Å². The van der Waals surface area contributed by atoms with Gasteiger partial charge in [0.15, 0.2) is 5.71 Å². The van der Waals surface area contributed by atoms with E-state index in [9.17, 15) is 0 Å². The number of rotatable bonds is 4. The Bertz CT molecular complexity index is 325. The quantitative estimate of drug-likeness (QED) is 0.422. The standard InChI is InChI=1S/C10H17N3O3S/c1-8(11-14-2)9(12-15-3)10(17)13-4-6-16-7-5-13/h4-7H2,1-3H3. The zero-order valence-electron chi connectivity index (χ0n) is 10.3. The third kappa shape index (κ3) is 3.94. The van der Waals surface area contributed by atoms with Gasteiger partial charge in [0, 0.05) is 13.1 Å². The highest BCUT2D eigenvalue weighted by molar-refractivity contribution is 7.82. The van der Waals surface area contributed by atoms with E-state index < -0.39 is 0 Å². The lowest BCUT2D eigenvalue weighted by Crippen LogP contribution is -2.44. The molecular formula is C10H17N3O3S. The molecule has 0 aromatic rings. The zero-order chi connectivity index (χ0) is 12.7. The van der Waals surface area contributed by atoms with Crippen LogP contribution in [0.2, 0.25) is 0 Å². The number of hydrogen-bond acceptors (Lipinski definition) is 6.